The molecule has 7 heteroatoms. The van der Waals surface area contributed by atoms with Crippen molar-refractivity contribution in [2.45, 2.75) is 9.79 Å². The van der Waals surface area contributed by atoms with Gasteiger partial charge in [-0.05, 0) is 48.5 Å². The van der Waals surface area contributed by atoms with Crippen LogP contribution in [-0.4, -0.2) is 22.6 Å². The molecule has 0 atom stereocenters. The zero-order valence-electron chi connectivity index (χ0n) is 17.5. The maximum atomic E-state index is 9.51. The summed E-state index contributed by atoms with van der Waals surface area (Å²) in [6.07, 6.45) is 3.32. The second kappa shape index (κ2) is 15.0. The minimum atomic E-state index is 0. The first-order valence-electron chi connectivity index (χ1n) is 9.79. The number of benzene rings is 4. The Labute approximate surface area is 212 Å². The van der Waals surface area contributed by atoms with Crippen molar-refractivity contribution in [3.8, 4) is 11.5 Å². The van der Waals surface area contributed by atoms with Crippen molar-refractivity contribution < 1.29 is 26.7 Å². The van der Waals surface area contributed by atoms with Gasteiger partial charge in [0.1, 0.15) is 11.5 Å². The van der Waals surface area contributed by atoms with Gasteiger partial charge in [0.25, 0.3) is 0 Å². The van der Waals surface area contributed by atoms with E-state index in [9.17, 15) is 10.2 Å². The fourth-order valence-corrected chi connectivity index (χ4v) is 3.58. The summed E-state index contributed by atoms with van der Waals surface area (Å²) in [5, 5.41) is 19.0. The molecule has 0 bridgehead atoms. The summed E-state index contributed by atoms with van der Waals surface area (Å²) < 4.78 is 8.41. The van der Waals surface area contributed by atoms with E-state index in [4.69, 9.17) is 0 Å². The SMILES string of the molecule is Oc1ccccc1/C=N/Sc1ccccc1.Oc1ccccc1/C=N/Sc1ccccc1.[Ni+2]. The van der Waals surface area contributed by atoms with Crippen LogP contribution < -0.4 is 0 Å². The summed E-state index contributed by atoms with van der Waals surface area (Å²) in [6.45, 7) is 0. The van der Waals surface area contributed by atoms with Gasteiger partial charge in [-0.3, -0.25) is 0 Å². The Morgan fingerprint density at radius 3 is 1.18 bits per heavy atom. The number of nitrogens with zero attached hydrogens (tertiary/aromatic N) is 2. The molecule has 0 unspecified atom stereocenters. The van der Waals surface area contributed by atoms with Crippen LogP contribution in [0.1, 0.15) is 11.1 Å². The first-order valence-corrected chi connectivity index (χ1v) is 11.3. The predicted octanol–water partition coefficient (Wildman–Crippen LogP) is 7.03. The van der Waals surface area contributed by atoms with Crippen molar-refractivity contribution in [1.82, 2.24) is 0 Å². The molecule has 4 rings (SSSR count). The van der Waals surface area contributed by atoms with Crippen molar-refractivity contribution >= 4 is 36.3 Å². The number of para-hydroxylation sites is 2. The Morgan fingerprint density at radius 2 is 0.818 bits per heavy atom. The standard InChI is InChI=1S/2C13H11NOS.Ni/c2*15-13-9-5-4-6-11(13)10-14-16-12-7-2-1-3-8-12;/h2*1-10,15H;/q;;+2/b2*14-10+;. The van der Waals surface area contributed by atoms with Gasteiger partial charge in [0.05, 0.1) is 0 Å². The van der Waals surface area contributed by atoms with Gasteiger partial charge in [-0.1, -0.05) is 60.7 Å². The number of aromatic hydroxyl groups is 2. The van der Waals surface area contributed by atoms with Crippen molar-refractivity contribution in [2.24, 2.45) is 8.80 Å². The number of hydrogen-bond acceptors (Lipinski definition) is 6. The molecule has 0 aliphatic rings. The van der Waals surface area contributed by atoms with Gasteiger partial charge in [-0.2, -0.15) is 0 Å². The van der Waals surface area contributed by atoms with Gasteiger partial charge in [-0.25, -0.2) is 8.80 Å². The third-order valence-electron chi connectivity index (χ3n) is 4.06. The Balaban J connectivity index is 0.000000227. The van der Waals surface area contributed by atoms with Gasteiger partial charge >= 0.3 is 16.5 Å². The third kappa shape index (κ3) is 9.58. The molecule has 33 heavy (non-hydrogen) atoms. The Bertz CT molecular complexity index is 1060. The Morgan fingerprint density at radius 1 is 0.485 bits per heavy atom. The molecule has 0 saturated heterocycles. The molecule has 0 spiro atoms. The van der Waals surface area contributed by atoms with Crippen LogP contribution in [0.5, 0.6) is 11.5 Å². The molecule has 4 aromatic rings. The second-order valence-electron chi connectivity index (χ2n) is 6.40. The van der Waals surface area contributed by atoms with Crippen LogP contribution in [0.15, 0.2) is 128 Å². The molecule has 0 radical (unpaired) electrons. The molecule has 0 aliphatic carbocycles. The molecule has 168 valence electrons. The van der Waals surface area contributed by atoms with Gasteiger partial charge in [0.2, 0.25) is 0 Å². The molecule has 0 aromatic heterocycles. The summed E-state index contributed by atoms with van der Waals surface area (Å²) in [6, 6.07) is 34.0. The monoisotopic (exact) mass is 516 g/mol. The van der Waals surface area contributed by atoms with Crippen LogP contribution in [0.3, 0.4) is 0 Å². The summed E-state index contributed by atoms with van der Waals surface area (Å²) >= 11 is 2.76. The molecule has 0 fully saturated rings. The predicted molar refractivity (Wildman–Crippen MR) is 136 cm³/mol. The quantitative estimate of drug-likeness (QED) is 0.164. The van der Waals surface area contributed by atoms with Crippen LogP contribution in [0.2, 0.25) is 0 Å². The zero-order chi connectivity index (χ0) is 22.4. The zero-order valence-corrected chi connectivity index (χ0v) is 20.1. The van der Waals surface area contributed by atoms with Crippen molar-refractivity contribution in [3.63, 3.8) is 0 Å². The van der Waals surface area contributed by atoms with Crippen molar-refractivity contribution in [3.05, 3.63) is 120 Å². The van der Waals surface area contributed by atoms with E-state index < -0.39 is 0 Å². The maximum Gasteiger partial charge on any atom is 2.00 e. The van der Waals surface area contributed by atoms with Crippen LogP contribution in [0.25, 0.3) is 0 Å². The fraction of sp³-hybridized carbons (Fsp3) is 0. The Hall–Kier alpha value is -2.99. The van der Waals surface area contributed by atoms with E-state index in [1.807, 2.05) is 84.9 Å². The van der Waals surface area contributed by atoms with E-state index in [-0.39, 0.29) is 28.0 Å². The van der Waals surface area contributed by atoms with E-state index in [0.29, 0.717) is 0 Å². The first-order chi connectivity index (χ1) is 15.7. The average Bonchev–Trinajstić information content (AvgIpc) is 2.83. The topological polar surface area (TPSA) is 65.2 Å². The number of rotatable bonds is 6. The molecular weight excluding hydrogens is 495 g/mol. The molecule has 4 nitrogen and oxygen atoms in total. The second-order valence-corrected chi connectivity index (χ2v) is 8.12. The number of phenols is 2. The fourth-order valence-electron chi connectivity index (χ4n) is 2.44. The van der Waals surface area contributed by atoms with E-state index >= 15 is 0 Å². The largest absolute Gasteiger partial charge is 2.00 e. The molecule has 0 saturated carbocycles. The number of phenolic OH excluding ortho intramolecular Hbond substituents is 2. The van der Waals surface area contributed by atoms with E-state index in [2.05, 4.69) is 8.80 Å². The van der Waals surface area contributed by atoms with Gasteiger partial charge in [-0.15, -0.1) is 0 Å². The summed E-state index contributed by atoms with van der Waals surface area (Å²) in [5.74, 6) is 0.500. The molecule has 0 heterocycles. The third-order valence-corrected chi connectivity index (χ3v) is 5.45. The minimum absolute atomic E-state index is 0. The van der Waals surface area contributed by atoms with E-state index in [1.54, 1.807) is 36.7 Å². The number of hydrogen-bond donors (Lipinski definition) is 2. The van der Waals surface area contributed by atoms with E-state index in [1.165, 1.54) is 23.9 Å². The van der Waals surface area contributed by atoms with Gasteiger partial charge in [0, 0.05) is 57.2 Å². The van der Waals surface area contributed by atoms with Gasteiger partial charge < -0.3 is 10.2 Å². The van der Waals surface area contributed by atoms with Crippen molar-refractivity contribution in [2.75, 3.05) is 0 Å². The molecule has 4 aromatic carbocycles. The maximum absolute atomic E-state index is 9.51. The smallest absolute Gasteiger partial charge is 0.507 e. The molecular formula is C26H22N2NiO2S2+2. The molecule has 0 aliphatic heterocycles. The Kier molecular flexibility index (Phi) is 11.9. The molecule has 0 amide bonds. The van der Waals surface area contributed by atoms with Crippen LogP contribution >= 0.6 is 23.9 Å². The van der Waals surface area contributed by atoms with Crippen LogP contribution in [0, 0.1) is 0 Å². The van der Waals surface area contributed by atoms with Crippen LogP contribution in [-0.2, 0) is 16.5 Å². The minimum Gasteiger partial charge on any atom is -0.507 e. The molecule has 2 N–H and O–H groups in total. The van der Waals surface area contributed by atoms with Crippen molar-refractivity contribution in [1.29, 1.82) is 0 Å². The van der Waals surface area contributed by atoms with E-state index in [0.717, 1.165) is 20.9 Å². The first kappa shape index (κ1) is 26.3. The van der Waals surface area contributed by atoms with Gasteiger partial charge in [0.15, 0.2) is 0 Å². The summed E-state index contributed by atoms with van der Waals surface area (Å²) in [4.78, 5) is 2.16. The van der Waals surface area contributed by atoms with Crippen LogP contribution in [0.4, 0.5) is 0 Å². The summed E-state index contributed by atoms with van der Waals surface area (Å²) in [5.41, 5.74) is 1.46. The normalized spacial score (nSPS) is 10.4. The average molecular weight is 517 g/mol. The summed E-state index contributed by atoms with van der Waals surface area (Å²) in [7, 11) is 0.